The second kappa shape index (κ2) is 13.6. The van der Waals surface area contributed by atoms with Gasteiger partial charge in [-0.05, 0) is 43.4 Å². The fraction of sp³-hybridized carbons (Fsp3) is 0.452. The molecule has 0 unspecified atom stereocenters. The number of Topliss-reactive ketones (excluding diaryl/α,β-unsaturated/α-hetero) is 1. The van der Waals surface area contributed by atoms with Gasteiger partial charge in [-0.25, -0.2) is 9.18 Å². The molecule has 1 aliphatic rings. The highest BCUT2D eigenvalue weighted by molar-refractivity contribution is 5.88. The van der Waals surface area contributed by atoms with E-state index in [1.165, 1.54) is 47.2 Å². The molecule has 1 N–H and O–H groups in total. The average Bonchev–Trinajstić information content (AvgIpc) is 3.33. The number of nitrogens with one attached hydrogen (secondary N) is 1. The number of rotatable bonds is 12. The van der Waals surface area contributed by atoms with Crippen molar-refractivity contribution in [3.63, 3.8) is 0 Å². The summed E-state index contributed by atoms with van der Waals surface area (Å²) in [7, 11) is 6.29. The Morgan fingerprint density at radius 1 is 1.21 bits per heavy atom. The SMILES string of the molecule is CN(C)C(=O)/C=C/CC[C@H](OC(=O)N(C)C)C(=O)Cc1cccn(Cc2cc3ncc(F)c(CC4CCC4)c3[nH]2)c1=O. The molecule has 2 amide bonds. The third kappa shape index (κ3) is 7.51. The number of halogens is 1. The number of amides is 2. The van der Waals surface area contributed by atoms with Crippen LogP contribution in [-0.2, 0) is 33.7 Å². The van der Waals surface area contributed by atoms with Crippen molar-refractivity contribution in [2.75, 3.05) is 28.2 Å². The van der Waals surface area contributed by atoms with Gasteiger partial charge in [0.25, 0.3) is 5.56 Å². The van der Waals surface area contributed by atoms with Gasteiger partial charge in [-0.2, -0.15) is 0 Å². The standard InChI is InChI=1S/C31H38FN5O5/c1-35(2)28(39)13-6-5-12-27(42-31(41)36(3)4)26(38)16-21-11-8-14-37(30(21)40)19-22-17-25-29(34-22)23(24(32)18-33-25)15-20-9-7-10-20/h6,8,11,13-14,17-18,20,27,34H,5,7,9-10,12,15-16,19H2,1-4H3/b13-6+/t27-/m0/s1. The number of ether oxygens (including phenoxy) is 1. The van der Waals surface area contributed by atoms with Crippen molar-refractivity contribution >= 4 is 28.8 Å². The number of aromatic amines is 1. The number of carbonyl (C=O) groups is 3. The highest BCUT2D eigenvalue weighted by atomic mass is 19.1. The van der Waals surface area contributed by atoms with Crippen LogP contribution in [0.15, 0.2) is 47.5 Å². The van der Waals surface area contributed by atoms with Gasteiger partial charge in [0.2, 0.25) is 5.91 Å². The summed E-state index contributed by atoms with van der Waals surface area (Å²) in [5, 5.41) is 0. The van der Waals surface area contributed by atoms with Crippen molar-refractivity contribution in [2.45, 2.75) is 57.6 Å². The maximum Gasteiger partial charge on any atom is 0.409 e. The molecule has 42 heavy (non-hydrogen) atoms. The molecule has 3 heterocycles. The van der Waals surface area contributed by atoms with E-state index in [-0.39, 0.29) is 42.2 Å². The number of fused-ring (bicyclic) bond motifs is 1. The zero-order valence-corrected chi connectivity index (χ0v) is 24.6. The fourth-order valence-electron chi connectivity index (χ4n) is 4.85. The predicted octanol–water partition coefficient (Wildman–Crippen LogP) is 3.86. The van der Waals surface area contributed by atoms with E-state index in [2.05, 4.69) is 9.97 Å². The topological polar surface area (TPSA) is 118 Å². The Kier molecular flexibility index (Phi) is 9.92. The number of likely N-dealkylation sites (N-methyl/N-ethyl adjacent to an activating group) is 1. The van der Waals surface area contributed by atoms with E-state index in [0.29, 0.717) is 41.1 Å². The van der Waals surface area contributed by atoms with Gasteiger partial charge in [0.1, 0.15) is 5.82 Å². The molecule has 0 radical (unpaired) electrons. The highest BCUT2D eigenvalue weighted by Crippen LogP contribution is 2.32. The summed E-state index contributed by atoms with van der Waals surface area (Å²) in [6.45, 7) is 0.186. The lowest BCUT2D eigenvalue weighted by molar-refractivity contribution is -0.127. The summed E-state index contributed by atoms with van der Waals surface area (Å²) in [5.41, 5.74) is 2.53. The smallest absolute Gasteiger partial charge is 0.409 e. The molecule has 1 atom stereocenters. The molecule has 3 aromatic heterocycles. The van der Waals surface area contributed by atoms with Crippen LogP contribution in [0.4, 0.5) is 9.18 Å². The van der Waals surface area contributed by atoms with Gasteiger partial charge in [-0.1, -0.05) is 31.4 Å². The van der Waals surface area contributed by atoms with Crippen LogP contribution in [0.5, 0.6) is 0 Å². The number of aromatic nitrogens is 3. The van der Waals surface area contributed by atoms with Crippen molar-refractivity contribution < 1.29 is 23.5 Å². The van der Waals surface area contributed by atoms with Crippen LogP contribution in [0.25, 0.3) is 11.0 Å². The van der Waals surface area contributed by atoms with E-state index in [9.17, 15) is 23.6 Å². The number of nitrogens with zero attached hydrogens (tertiary/aromatic N) is 4. The number of allylic oxidation sites excluding steroid dienone is 1. The molecule has 0 saturated heterocycles. The summed E-state index contributed by atoms with van der Waals surface area (Å²) in [6, 6.07) is 5.08. The van der Waals surface area contributed by atoms with Crippen LogP contribution in [0.1, 0.15) is 48.9 Å². The Labute approximate surface area is 244 Å². The van der Waals surface area contributed by atoms with Gasteiger partial charge in [-0.3, -0.25) is 19.4 Å². The molecule has 4 rings (SSSR count). The Balaban J connectivity index is 1.49. The van der Waals surface area contributed by atoms with Gasteiger partial charge >= 0.3 is 6.09 Å². The van der Waals surface area contributed by atoms with E-state index in [4.69, 9.17) is 4.74 Å². The molecule has 3 aromatic rings. The number of carbonyl (C=O) groups excluding carboxylic acids is 3. The van der Waals surface area contributed by atoms with Gasteiger partial charge < -0.3 is 24.1 Å². The molecule has 1 aliphatic carbocycles. The van der Waals surface area contributed by atoms with Crippen LogP contribution < -0.4 is 5.56 Å². The quantitative estimate of drug-likeness (QED) is 0.326. The Bertz CT molecular complexity index is 1540. The molecular formula is C31H38FN5O5. The number of pyridine rings is 2. The van der Waals surface area contributed by atoms with Crippen LogP contribution >= 0.6 is 0 Å². The maximum absolute atomic E-state index is 14.6. The second-order valence-corrected chi connectivity index (χ2v) is 11.2. The average molecular weight is 580 g/mol. The highest BCUT2D eigenvalue weighted by Gasteiger charge is 2.25. The van der Waals surface area contributed by atoms with Crippen molar-refractivity contribution in [1.82, 2.24) is 24.3 Å². The molecule has 0 spiro atoms. The molecule has 0 aliphatic heterocycles. The summed E-state index contributed by atoms with van der Waals surface area (Å²) < 4.78 is 21.5. The summed E-state index contributed by atoms with van der Waals surface area (Å²) in [4.78, 5) is 60.7. The Hall–Kier alpha value is -4.28. The van der Waals surface area contributed by atoms with Gasteiger partial charge in [0, 0.05) is 57.6 Å². The molecule has 11 heteroatoms. The van der Waals surface area contributed by atoms with Crippen molar-refractivity contribution in [3.05, 3.63) is 75.7 Å². The molecule has 0 aromatic carbocycles. The third-order valence-electron chi connectivity index (χ3n) is 7.55. The molecule has 1 fully saturated rings. The number of hydrogen-bond acceptors (Lipinski definition) is 6. The first-order valence-corrected chi connectivity index (χ1v) is 14.1. The summed E-state index contributed by atoms with van der Waals surface area (Å²) in [6.07, 6.45) is 8.43. The first-order chi connectivity index (χ1) is 20.0. The zero-order valence-electron chi connectivity index (χ0n) is 24.6. The van der Waals surface area contributed by atoms with Crippen LogP contribution in [0.2, 0.25) is 0 Å². The molecule has 0 bridgehead atoms. The number of H-pyrrole nitrogens is 1. The van der Waals surface area contributed by atoms with E-state index in [0.717, 1.165) is 12.8 Å². The lowest BCUT2D eigenvalue weighted by atomic mass is 9.81. The Morgan fingerprint density at radius 3 is 2.64 bits per heavy atom. The van der Waals surface area contributed by atoms with Crippen LogP contribution in [0, 0.1) is 11.7 Å². The molecular weight excluding hydrogens is 541 g/mol. The first-order valence-electron chi connectivity index (χ1n) is 14.1. The monoisotopic (exact) mass is 579 g/mol. The van der Waals surface area contributed by atoms with E-state index < -0.39 is 18.0 Å². The van der Waals surface area contributed by atoms with Crippen LogP contribution in [-0.4, -0.2) is 76.4 Å². The summed E-state index contributed by atoms with van der Waals surface area (Å²) in [5.74, 6) is -0.465. The first kappa shape index (κ1) is 30.7. The van der Waals surface area contributed by atoms with Crippen LogP contribution in [0.3, 0.4) is 0 Å². The molecule has 10 nitrogen and oxygen atoms in total. The van der Waals surface area contributed by atoms with E-state index in [1.807, 2.05) is 6.07 Å². The van der Waals surface area contributed by atoms with Gasteiger partial charge in [0.05, 0.1) is 23.8 Å². The lowest BCUT2D eigenvalue weighted by Crippen LogP contribution is -2.35. The van der Waals surface area contributed by atoms with E-state index in [1.54, 1.807) is 38.5 Å². The van der Waals surface area contributed by atoms with Crippen molar-refractivity contribution in [2.24, 2.45) is 5.92 Å². The van der Waals surface area contributed by atoms with Crippen molar-refractivity contribution in [1.29, 1.82) is 0 Å². The Morgan fingerprint density at radius 2 is 1.98 bits per heavy atom. The second-order valence-electron chi connectivity index (χ2n) is 11.2. The van der Waals surface area contributed by atoms with Gasteiger partial charge in [0.15, 0.2) is 11.9 Å². The molecule has 224 valence electrons. The lowest BCUT2D eigenvalue weighted by Gasteiger charge is -2.25. The minimum absolute atomic E-state index is 0.165. The number of hydrogen-bond donors (Lipinski definition) is 1. The normalized spacial score (nSPS) is 14.1. The minimum Gasteiger partial charge on any atom is -0.438 e. The van der Waals surface area contributed by atoms with E-state index >= 15 is 0 Å². The minimum atomic E-state index is -1.09. The largest absolute Gasteiger partial charge is 0.438 e. The third-order valence-corrected chi connectivity index (χ3v) is 7.55. The zero-order chi connectivity index (χ0) is 30.4. The van der Waals surface area contributed by atoms with Crippen molar-refractivity contribution in [3.8, 4) is 0 Å². The molecule has 1 saturated carbocycles. The van der Waals surface area contributed by atoms with Gasteiger partial charge in [-0.15, -0.1) is 0 Å². The summed E-state index contributed by atoms with van der Waals surface area (Å²) >= 11 is 0. The number of ketones is 1. The predicted molar refractivity (Wildman–Crippen MR) is 157 cm³/mol. The maximum atomic E-state index is 14.6. The fourth-order valence-corrected chi connectivity index (χ4v) is 4.85.